The van der Waals surface area contributed by atoms with Crippen LogP contribution in [0.3, 0.4) is 0 Å². The fourth-order valence-corrected chi connectivity index (χ4v) is 1.03. The number of carbonyl (C=O) groups excluding carboxylic acids is 2. The van der Waals surface area contributed by atoms with Crippen molar-refractivity contribution >= 4 is 11.7 Å². The summed E-state index contributed by atoms with van der Waals surface area (Å²) in [5, 5.41) is 3.11. The summed E-state index contributed by atoms with van der Waals surface area (Å²) in [6.45, 7) is 4.22. The van der Waals surface area contributed by atoms with Gasteiger partial charge in [0, 0.05) is 19.9 Å². The van der Waals surface area contributed by atoms with Gasteiger partial charge in [-0.25, -0.2) is 0 Å². The van der Waals surface area contributed by atoms with Crippen molar-refractivity contribution in [3.8, 4) is 0 Å². The normalized spacial score (nSPS) is 21.5. The maximum atomic E-state index is 10.7. The SMILES string of the molecule is CC(N)=O.CCC1NCCC1=O. The number of nitrogens with one attached hydrogen (secondary N) is 1. The van der Waals surface area contributed by atoms with E-state index in [9.17, 15) is 9.59 Å². The highest BCUT2D eigenvalue weighted by Gasteiger charge is 2.20. The van der Waals surface area contributed by atoms with Crippen molar-refractivity contribution in [3.05, 3.63) is 0 Å². The Balaban J connectivity index is 0.000000261. The number of hydrogen-bond donors (Lipinski definition) is 2. The Bertz CT molecular complexity index is 164. The minimum absolute atomic E-state index is 0.176. The van der Waals surface area contributed by atoms with Gasteiger partial charge >= 0.3 is 0 Å². The highest BCUT2D eigenvalue weighted by molar-refractivity contribution is 5.85. The summed E-state index contributed by atoms with van der Waals surface area (Å²) in [6, 6.07) is 0.176. The first-order valence-corrected chi connectivity index (χ1v) is 4.10. The molecule has 1 fully saturated rings. The van der Waals surface area contributed by atoms with Crippen LogP contribution in [0.5, 0.6) is 0 Å². The van der Waals surface area contributed by atoms with Crippen molar-refractivity contribution in [2.75, 3.05) is 6.54 Å². The van der Waals surface area contributed by atoms with Gasteiger partial charge in [0.15, 0.2) is 5.78 Å². The lowest BCUT2D eigenvalue weighted by Crippen LogP contribution is -2.25. The molecule has 4 heteroatoms. The first kappa shape index (κ1) is 11.1. The molecule has 1 aliphatic rings. The molecule has 0 aliphatic carbocycles. The van der Waals surface area contributed by atoms with Gasteiger partial charge in [-0.3, -0.25) is 9.59 Å². The second-order valence-electron chi connectivity index (χ2n) is 2.74. The molecule has 0 aromatic carbocycles. The number of carbonyl (C=O) groups is 2. The molecule has 0 aromatic heterocycles. The van der Waals surface area contributed by atoms with E-state index in [1.807, 2.05) is 6.92 Å². The van der Waals surface area contributed by atoms with Gasteiger partial charge in [0.25, 0.3) is 0 Å². The average Bonchev–Trinajstić information content (AvgIpc) is 2.33. The van der Waals surface area contributed by atoms with Crippen molar-refractivity contribution in [3.63, 3.8) is 0 Å². The third-order valence-corrected chi connectivity index (χ3v) is 1.56. The van der Waals surface area contributed by atoms with Crippen LogP contribution < -0.4 is 11.1 Å². The van der Waals surface area contributed by atoms with Crippen molar-refractivity contribution in [1.82, 2.24) is 5.32 Å². The molecular weight excluding hydrogens is 156 g/mol. The van der Waals surface area contributed by atoms with Crippen LogP contribution in [0, 0.1) is 0 Å². The molecule has 0 radical (unpaired) electrons. The van der Waals surface area contributed by atoms with Crippen molar-refractivity contribution in [1.29, 1.82) is 0 Å². The van der Waals surface area contributed by atoms with Crippen molar-refractivity contribution in [2.45, 2.75) is 32.7 Å². The summed E-state index contributed by atoms with van der Waals surface area (Å²) >= 11 is 0. The van der Waals surface area contributed by atoms with Crippen LogP contribution in [0.1, 0.15) is 26.7 Å². The predicted octanol–water partition coefficient (Wildman–Crippen LogP) is -0.181. The van der Waals surface area contributed by atoms with Crippen LogP contribution in [0.2, 0.25) is 0 Å². The third-order valence-electron chi connectivity index (χ3n) is 1.56. The van der Waals surface area contributed by atoms with Gasteiger partial charge in [-0.05, 0) is 6.42 Å². The van der Waals surface area contributed by atoms with E-state index >= 15 is 0 Å². The van der Waals surface area contributed by atoms with Crippen LogP contribution in [-0.4, -0.2) is 24.3 Å². The Morgan fingerprint density at radius 3 is 2.42 bits per heavy atom. The van der Waals surface area contributed by atoms with Crippen LogP contribution >= 0.6 is 0 Å². The number of hydrogen-bond acceptors (Lipinski definition) is 3. The van der Waals surface area contributed by atoms with E-state index in [1.54, 1.807) is 0 Å². The molecule has 12 heavy (non-hydrogen) atoms. The molecule has 1 amide bonds. The molecule has 1 atom stereocenters. The molecular formula is C8H16N2O2. The van der Waals surface area contributed by atoms with Gasteiger partial charge < -0.3 is 11.1 Å². The number of amides is 1. The molecule has 1 heterocycles. The summed E-state index contributed by atoms with van der Waals surface area (Å²) in [5.74, 6) is 0.0486. The van der Waals surface area contributed by atoms with Crippen LogP contribution in [0.15, 0.2) is 0 Å². The predicted molar refractivity (Wildman–Crippen MR) is 46.6 cm³/mol. The van der Waals surface area contributed by atoms with Crippen LogP contribution in [-0.2, 0) is 9.59 Å². The minimum atomic E-state index is -0.333. The smallest absolute Gasteiger partial charge is 0.214 e. The fraction of sp³-hybridized carbons (Fsp3) is 0.750. The maximum Gasteiger partial charge on any atom is 0.214 e. The van der Waals surface area contributed by atoms with E-state index in [0.717, 1.165) is 19.4 Å². The van der Waals surface area contributed by atoms with Crippen LogP contribution in [0.25, 0.3) is 0 Å². The second-order valence-corrected chi connectivity index (χ2v) is 2.74. The Morgan fingerprint density at radius 2 is 2.25 bits per heavy atom. The minimum Gasteiger partial charge on any atom is -0.370 e. The fourth-order valence-electron chi connectivity index (χ4n) is 1.03. The average molecular weight is 172 g/mol. The molecule has 0 aromatic rings. The van der Waals surface area contributed by atoms with Gasteiger partial charge in [0.1, 0.15) is 0 Å². The summed E-state index contributed by atoms with van der Waals surface area (Å²) in [4.78, 5) is 20.0. The monoisotopic (exact) mass is 172 g/mol. The lowest BCUT2D eigenvalue weighted by molar-refractivity contribution is -0.118. The van der Waals surface area contributed by atoms with Crippen LogP contribution in [0.4, 0.5) is 0 Å². The largest absolute Gasteiger partial charge is 0.370 e. The van der Waals surface area contributed by atoms with Crippen molar-refractivity contribution in [2.24, 2.45) is 5.73 Å². The molecule has 70 valence electrons. The number of primary amides is 1. The topological polar surface area (TPSA) is 72.2 Å². The van der Waals surface area contributed by atoms with Gasteiger partial charge in [-0.1, -0.05) is 6.92 Å². The summed E-state index contributed by atoms with van der Waals surface area (Å²) in [7, 11) is 0. The Morgan fingerprint density at radius 1 is 1.75 bits per heavy atom. The first-order chi connectivity index (χ1) is 5.57. The van der Waals surface area contributed by atoms with Crippen molar-refractivity contribution < 1.29 is 9.59 Å². The van der Waals surface area contributed by atoms with E-state index in [0.29, 0.717) is 5.78 Å². The van der Waals surface area contributed by atoms with Gasteiger partial charge in [-0.2, -0.15) is 0 Å². The number of nitrogens with two attached hydrogens (primary N) is 1. The Kier molecular flexibility index (Phi) is 5.28. The van der Waals surface area contributed by atoms with E-state index < -0.39 is 0 Å². The molecule has 1 saturated heterocycles. The lowest BCUT2D eigenvalue weighted by atomic mass is 10.2. The molecule has 3 N–H and O–H groups in total. The van der Waals surface area contributed by atoms with Gasteiger partial charge in [0.05, 0.1) is 6.04 Å². The summed E-state index contributed by atoms with van der Waals surface area (Å²) < 4.78 is 0. The number of Topliss-reactive ketones (excluding diaryl/α,β-unsaturated/α-hetero) is 1. The number of rotatable bonds is 1. The Labute approximate surface area is 72.5 Å². The third kappa shape index (κ3) is 4.85. The van der Waals surface area contributed by atoms with E-state index in [4.69, 9.17) is 0 Å². The lowest BCUT2D eigenvalue weighted by Gasteiger charge is -2.01. The molecule has 0 saturated carbocycles. The van der Waals surface area contributed by atoms with E-state index in [1.165, 1.54) is 6.92 Å². The molecule has 1 unspecified atom stereocenters. The van der Waals surface area contributed by atoms with E-state index in [-0.39, 0.29) is 11.9 Å². The highest BCUT2D eigenvalue weighted by Crippen LogP contribution is 2.02. The zero-order chi connectivity index (χ0) is 9.56. The summed E-state index contributed by atoms with van der Waals surface area (Å²) in [5.41, 5.74) is 4.47. The first-order valence-electron chi connectivity index (χ1n) is 4.10. The molecule has 0 spiro atoms. The second kappa shape index (κ2) is 5.71. The zero-order valence-electron chi connectivity index (χ0n) is 7.59. The molecule has 0 bridgehead atoms. The molecule has 4 nitrogen and oxygen atoms in total. The maximum absolute atomic E-state index is 10.7. The highest BCUT2D eigenvalue weighted by atomic mass is 16.1. The van der Waals surface area contributed by atoms with E-state index in [2.05, 4.69) is 11.1 Å². The summed E-state index contributed by atoms with van der Waals surface area (Å²) in [6.07, 6.45) is 1.68. The van der Waals surface area contributed by atoms with Gasteiger partial charge in [0.2, 0.25) is 5.91 Å². The molecule has 1 aliphatic heterocycles. The quantitative estimate of drug-likeness (QED) is 0.576. The zero-order valence-corrected chi connectivity index (χ0v) is 7.59. The van der Waals surface area contributed by atoms with Gasteiger partial charge in [-0.15, -0.1) is 0 Å². The molecule has 1 rings (SSSR count). The standard InChI is InChI=1S/C6H11NO.C2H5NO/c1-2-5-6(8)3-4-7-5;1-2(3)4/h5,7H,2-4H2,1H3;1H3,(H2,3,4). The number of ketones is 1. The Hall–Kier alpha value is -0.900.